The first-order chi connectivity index (χ1) is 19.5. The van der Waals surface area contributed by atoms with Crippen molar-refractivity contribution >= 4 is 41.2 Å². The van der Waals surface area contributed by atoms with Crippen LogP contribution < -0.4 is 11.2 Å². The maximum absolute atomic E-state index is 15.6. The molecule has 0 spiro atoms. The average molecular weight is 612 g/mol. The molecule has 218 valence electrons. The van der Waals surface area contributed by atoms with Crippen LogP contribution in [-0.2, 0) is 30.3 Å². The molecule has 4 aromatic heterocycles. The van der Waals surface area contributed by atoms with Crippen LogP contribution in [0.15, 0.2) is 42.1 Å². The fourth-order valence-corrected chi connectivity index (χ4v) is 7.08. The first kappa shape index (κ1) is 26.9. The number of aliphatic hydroxyl groups is 3. The van der Waals surface area contributed by atoms with Gasteiger partial charge >= 0.3 is 6.72 Å². The topological polar surface area (TPSA) is 227 Å². The van der Waals surface area contributed by atoms with E-state index < -0.39 is 68.1 Å². The van der Waals surface area contributed by atoms with E-state index in [-0.39, 0.29) is 28.1 Å². The number of nitrogens with zero attached hydrogens (tertiary/aromatic N) is 7. The van der Waals surface area contributed by atoms with Gasteiger partial charge in [-0.05, 0) is 11.8 Å². The summed E-state index contributed by atoms with van der Waals surface area (Å²) in [5.41, 5.74) is 3.68. The molecular formula is C21H22FN8O9PS. The molecule has 4 aromatic rings. The summed E-state index contributed by atoms with van der Waals surface area (Å²) in [6, 6.07) is 1.22. The van der Waals surface area contributed by atoms with Gasteiger partial charge in [0.1, 0.15) is 42.4 Å². The van der Waals surface area contributed by atoms with Crippen molar-refractivity contribution in [1.29, 1.82) is 0 Å². The predicted octanol–water partition coefficient (Wildman–Crippen LogP) is -1.86. The van der Waals surface area contributed by atoms with Crippen LogP contribution in [0, 0.1) is 0 Å². The smallest absolute Gasteiger partial charge is 0.325 e. The van der Waals surface area contributed by atoms with Crippen LogP contribution >= 0.6 is 6.72 Å². The van der Waals surface area contributed by atoms with E-state index in [4.69, 9.17) is 36.1 Å². The molecule has 6 heterocycles. The Bertz CT molecular complexity index is 1770. The van der Waals surface area contributed by atoms with Crippen LogP contribution in [0.25, 0.3) is 16.8 Å². The van der Waals surface area contributed by atoms with E-state index in [2.05, 4.69) is 19.9 Å². The first-order valence-electron chi connectivity index (χ1n) is 12.2. The van der Waals surface area contributed by atoms with Gasteiger partial charge in [0, 0.05) is 24.7 Å². The molecule has 7 rings (SSSR count). The van der Waals surface area contributed by atoms with E-state index in [1.54, 1.807) is 0 Å². The first-order valence-corrected chi connectivity index (χ1v) is 14.8. The maximum atomic E-state index is 15.6. The van der Waals surface area contributed by atoms with Gasteiger partial charge in [-0.15, -0.1) is 0 Å². The summed E-state index contributed by atoms with van der Waals surface area (Å²) in [7, 11) is 0. The summed E-state index contributed by atoms with van der Waals surface area (Å²) in [6.07, 6.45) is -4.68. The molecule has 3 aliphatic rings. The molecule has 20 heteroatoms. The van der Waals surface area contributed by atoms with E-state index in [1.165, 1.54) is 51.1 Å². The number of halogens is 1. The van der Waals surface area contributed by atoms with Crippen LogP contribution in [0.3, 0.4) is 0 Å². The molecule has 1 saturated carbocycles. The summed E-state index contributed by atoms with van der Waals surface area (Å²) in [5, 5.41) is 31.5. The highest BCUT2D eigenvalue weighted by Crippen LogP contribution is 2.63. The van der Waals surface area contributed by atoms with Crippen molar-refractivity contribution in [2.24, 2.45) is 0 Å². The van der Waals surface area contributed by atoms with Gasteiger partial charge in [-0.3, -0.25) is 23.1 Å². The lowest BCUT2D eigenvalue weighted by atomic mass is 10.1. The van der Waals surface area contributed by atoms with E-state index in [1.807, 2.05) is 0 Å². The molecule has 0 radical (unpaired) electrons. The summed E-state index contributed by atoms with van der Waals surface area (Å²) in [4.78, 5) is 39.0. The number of imidazole rings is 2. The Morgan fingerprint density at radius 3 is 2.71 bits per heavy atom. The minimum atomic E-state index is -4.32. The van der Waals surface area contributed by atoms with Crippen LogP contribution in [0.5, 0.6) is 0 Å². The van der Waals surface area contributed by atoms with Gasteiger partial charge in [0.25, 0.3) is 0 Å². The normalized spacial score (nSPS) is 36.1. The summed E-state index contributed by atoms with van der Waals surface area (Å²) < 4.78 is 42.1. The molecule has 6 N–H and O–H groups in total. The van der Waals surface area contributed by atoms with Gasteiger partial charge in [0.15, 0.2) is 41.3 Å². The summed E-state index contributed by atoms with van der Waals surface area (Å²) in [5.74, 6) is 0.0843. The molecule has 0 amide bonds. The maximum Gasteiger partial charge on any atom is 0.325 e. The van der Waals surface area contributed by atoms with Crippen molar-refractivity contribution in [3.8, 4) is 0 Å². The van der Waals surface area contributed by atoms with Crippen molar-refractivity contribution in [3.63, 3.8) is 0 Å². The number of aromatic nitrogens is 7. The van der Waals surface area contributed by atoms with Gasteiger partial charge in [-0.2, -0.15) is 0 Å². The van der Waals surface area contributed by atoms with Gasteiger partial charge in [-0.25, -0.2) is 28.8 Å². The van der Waals surface area contributed by atoms with E-state index in [9.17, 15) is 25.0 Å². The molecule has 41 heavy (non-hydrogen) atoms. The zero-order chi connectivity index (χ0) is 28.8. The number of ether oxygens (including phenoxy) is 2. The van der Waals surface area contributed by atoms with Crippen molar-refractivity contribution in [3.05, 3.63) is 47.5 Å². The van der Waals surface area contributed by atoms with E-state index in [0.717, 1.165) is 0 Å². The van der Waals surface area contributed by atoms with Crippen LogP contribution in [0.4, 0.5) is 10.2 Å². The molecule has 17 nitrogen and oxygen atoms in total. The highest BCUT2D eigenvalue weighted by atomic mass is 32.5. The number of nitrogen functional groups attached to an aromatic ring is 1. The van der Waals surface area contributed by atoms with E-state index >= 15 is 4.39 Å². The molecule has 2 saturated heterocycles. The molecule has 3 fully saturated rings. The fraction of sp³-hybridized carbons (Fsp3) is 0.476. The van der Waals surface area contributed by atoms with Crippen molar-refractivity contribution in [2.45, 2.75) is 54.7 Å². The average Bonchev–Trinajstić information content (AvgIpc) is 3.51. The Balaban J connectivity index is 1.11. The van der Waals surface area contributed by atoms with Crippen LogP contribution in [0.2, 0.25) is 0 Å². The largest absolute Gasteiger partial charge is 0.394 e. The Labute approximate surface area is 232 Å². The van der Waals surface area contributed by atoms with Crippen LogP contribution in [-0.4, -0.2) is 103 Å². The standard InChI is InChI=1S/C21H22FN8O9PS/c22-13-20(28-7-27-10-16(23)25-6-26-18(10)28)37-14-15(21(13,14)34)39-40(35,41)38-12-11(33)9(5-31)36-19(12)30-3-1-8(32)17-24-2-4-29(17)30/h1-4,6-7,9,11-15,19-20,31,33-34H,5H2,(H,35,41)(H2,23,25,26)/t9-,11-,12?,13-,14-,15?,19-,20-,21+,40?/m1/s1. The van der Waals surface area contributed by atoms with Gasteiger partial charge < -0.3 is 35.4 Å². The van der Waals surface area contributed by atoms with Gasteiger partial charge in [0.05, 0.1) is 12.9 Å². The Morgan fingerprint density at radius 1 is 1.17 bits per heavy atom. The Morgan fingerprint density at radius 2 is 1.98 bits per heavy atom. The second-order valence-electron chi connectivity index (χ2n) is 9.78. The number of rotatable bonds is 7. The fourth-order valence-electron chi connectivity index (χ4n) is 5.35. The minimum absolute atomic E-state index is 0.0463. The third kappa shape index (κ3) is 3.97. The Hall–Kier alpha value is -2.97. The number of anilines is 1. The highest BCUT2D eigenvalue weighted by molar-refractivity contribution is 8.07. The van der Waals surface area contributed by atoms with Gasteiger partial charge in [0.2, 0.25) is 5.43 Å². The molecule has 0 aromatic carbocycles. The predicted molar refractivity (Wildman–Crippen MR) is 136 cm³/mol. The zero-order valence-electron chi connectivity index (χ0n) is 20.6. The second-order valence-corrected chi connectivity index (χ2v) is 12.5. The number of hydrogen-bond acceptors (Lipinski definition) is 14. The minimum Gasteiger partial charge on any atom is -0.394 e. The van der Waals surface area contributed by atoms with Gasteiger partial charge in [-0.1, -0.05) is 0 Å². The summed E-state index contributed by atoms with van der Waals surface area (Å²) in [6.45, 7) is -4.93. The lowest BCUT2D eigenvalue weighted by Crippen LogP contribution is -2.37. The highest BCUT2D eigenvalue weighted by Gasteiger charge is 2.80. The zero-order valence-corrected chi connectivity index (χ0v) is 22.3. The summed E-state index contributed by atoms with van der Waals surface area (Å²) >= 11 is 5.16. The molecule has 0 bridgehead atoms. The van der Waals surface area contributed by atoms with Crippen molar-refractivity contribution < 1.29 is 43.1 Å². The molecular weight excluding hydrogens is 590 g/mol. The third-order valence-corrected chi connectivity index (χ3v) is 8.96. The molecule has 10 atom stereocenters. The number of fused-ring (bicyclic) bond motifs is 3. The monoisotopic (exact) mass is 612 g/mol. The molecule has 3 unspecified atom stereocenters. The number of nitrogens with two attached hydrogens (primary N) is 1. The van der Waals surface area contributed by atoms with Crippen molar-refractivity contribution in [2.75, 3.05) is 12.3 Å². The number of aliphatic hydroxyl groups excluding tert-OH is 2. The SMILES string of the molecule is Nc1ncnc2c1ncn2[C@@H]1O[C@@H]2C(OP(O)(=S)OC3[C@H](n4ccc(=O)c5nccn54)O[C@H](CO)[C@H]3O)[C@]2(O)[C@@H]1F. The molecule has 1 aliphatic carbocycles. The number of alkyl halides is 1. The van der Waals surface area contributed by atoms with E-state index in [0.29, 0.717) is 0 Å². The lowest BCUT2D eigenvalue weighted by Gasteiger charge is -2.28. The quantitative estimate of drug-likeness (QED) is 0.144. The van der Waals surface area contributed by atoms with Crippen LogP contribution in [0.1, 0.15) is 12.5 Å². The number of hydrogen-bond donors (Lipinski definition) is 5. The third-order valence-electron chi connectivity index (χ3n) is 7.44. The lowest BCUT2D eigenvalue weighted by molar-refractivity contribution is -0.0686. The van der Waals surface area contributed by atoms with Crippen molar-refractivity contribution in [1.82, 2.24) is 33.7 Å². The Kier molecular flexibility index (Phi) is 6.08. The molecule has 2 aliphatic heterocycles. The second kappa shape index (κ2) is 9.27.